The SMILES string of the molecule is CCC(COC)NC(C)CC1CCCN1C(=O)OC(C)(C)C. The molecule has 0 aromatic carbocycles. The summed E-state index contributed by atoms with van der Waals surface area (Å²) < 4.78 is 10.8. The van der Waals surface area contributed by atoms with Crippen molar-refractivity contribution in [3.8, 4) is 0 Å². The van der Waals surface area contributed by atoms with E-state index in [-0.39, 0.29) is 12.1 Å². The molecule has 1 heterocycles. The van der Waals surface area contributed by atoms with Gasteiger partial charge in [0.15, 0.2) is 0 Å². The summed E-state index contributed by atoms with van der Waals surface area (Å²) in [6.07, 6.45) is 3.95. The molecule has 1 fully saturated rings. The number of carbonyl (C=O) groups is 1. The highest BCUT2D eigenvalue weighted by atomic mass is 16.6. The third-order valence-electron chi connectivity index (χ3n) is 4.01. The lowest BCUT2D eigenvalue weighted by Gasteiger charge is -2.31. The molecule has 3 unspecified atom stereocenters. The van der Waals surface area contributed by atoms with Crippen LogP contribution in [0, 0.1) is 0 Å². The van der Waals surface area contributed by atoms with Crippen molar-refractivity contribution in [1.82, 2.24) is 10.2 Å². The minimum atomic E-state index is -0.431. The Morgan fingerprint density at radius 1 is 1.41 bits per heavy atom. The van der Waals surface area contributed by atoms with Crippen molar-refractivity contribution in [2.24, 2.45) is 0 Å². The van der Waals surface area contributed by atoms with Crippen molar-refractivity contribution in [3.63, 3.8) is 0 Å². The van der Waals surface area contributed by atoms with Crippen LogP contribution in [-0.4, -0.2) is 55.0 Å². The van der Waals surface area contributed by atoms with Crippen molar-refractivity contribution >= 4 is 6.09 Å². The molecular formula is C17H34N2O3. The summed E-state index contributed by atoms with van der Waals surface area (Å²) in [6, 6.07) is 1.00. The molecule has 5 heteroatoms. The van der Waals surface area contributed by atoms with Crippen LogP contribution in [0.1, 0.15) is 60.3 Å². The monoisotopic (exact) mass is 314 g/mol. The summed E-state index contributed by atoms with van der Waals surface area (Å²) in [7, 11) is 1.73. The topological polar surface area (TPSA) is 50.8 Å². The van der Waals surface area contributed by atoms with Crippen LogP contribution >= 0.6 is 0 Å². The van der Waals surface area contributed by atoms with E-state index >= 15 is 0 Å². The number of rotatable bonds is 7. The summed E-state index contributed by atoms with van der Waals surface area (Å²) in [5, 5.41) is 3.60. The molecule has 0 aromatic rings. The van der Waals surface area contributed by atoms with Gasteiger partial charge in [-0.15, -0.1) is 0 Å². The zero-order valence-corrected chi connectivity index (χ0v) is 15.1. The Balaban J connectivity index is 2.50. The van der Waals surface area contributed by atoms with Gasteiger partial charge >= 0.3 is 6.09 Å². The number of nitrogens with one attached hydrogen (secondary N) is 1. The predicted molar refractivity (Wildman–Crippen MR) is 89.1 cm³/mol. The fraction of sp³-hybridized carbons (Fsp3) is 0.941. The smallest absolute Gasteiger partial charge is 0.410 e. The first-order valence-electron chi connectivity index (χ1n) is 8.51. The maximum Gasteiger partial charge on any atom is 0.410 e. The van der Waals surface area contributed by atoms with E-state index in [9.17, 15) is 4.79 Å². The van der Waals surface area contributed by atoms with Gasteiger partial charge in [-0.1, -0.05) is 6.92 Å². The Bertz CT molecular complexity index is 341. The van der Waals surface area contributed by atoms with Gasteiger partial charge < -0.3 is 19.7 Å². The maximum absolute atomic E-state index is 12.3. The molecule has 0 saturated carbocycles. The Labute approximate surface area is 135 Å². The molecular weight excluding hydrogens is 280 g/mol. The number of ether oxygens (including phenoxy) is 2. The van der Waals surface area contributed by atoms with E-state index in [2.05, 4.69) is 19.2 Å². The van der Waals surface area contributed by atoms with Crippen LogP contribution in [0.15, 0.2) is 0 Å². The predicted octanol–water partition coefficient (Wildman–Crippen LogP) is 3.18. The second-order valence-electron chi connectivity index (χ2n) is 7.33. The van der Waals surface area contributed by atoms with E-state index in [0.29, 0.717) is 12.1 Å². The van der Waals surface area contributed by atoms with E-state index in [4.69, 9.17) is 9.47 Å². The zero-order valence-electron chi connectivity index (χ0n) is 15.1. The first-order chi connectivity index (χ1) is 10.3. The molecule has 22 heavy (non-hydrogen) atoms. The zero-order chi connectivity index (χ0) is 16.8. The third-order valence-corrected chi connectivity index (χ3v) is 4.01. The fourth-order valence-corrected chi connectivity index (χ4v) is 3.01. The van der Waals surface area contributed by atoms with Crippen molar-refractivity contribution in [1.29, 1.82) is 0 Å². The quantitative estimate of drug-likeness (QED) is 0.784. The number of amides is 1. The largest absolute Gasteiger partial charge is 0.444 e. The van der Waals surface area contributed by atoms with Gasteiger partial charge in [-0.2, -0.15) is 0 Å². The second-order valence-corrected chi connectivity index (χ2v) is 7.33. The highest BCUT2D eigenvalue weighted by Gasteiger charge is 2.33. The van der Waals surface area contributed by atoms with Gasteiger partial charge in [-0.3, -0.25) is 0 Å². The van der Waals surface area contributed by atoms with Crippen molar-refractivity contribution in [2.45, 2.75) is 84.0 Å². The van der Waals surface area contributed by atoms with Gasteiger partial charge in [-0.25, -0.2) is 4.79 Å². The minimum Gasteiger partial charge on any atom is -0.444 e. The van der Waals surface area contributed by atoms with E-state index < -0.39 is 5.60 Å². The standard InChI is InChI=1S/C17H34N2O3/c1-7-14(12-21-6)18-13(2)11-15-9-8-10-19(15)16(20)22-17(3,4)5/h13-15,18H,7-12H2,1-6H3. The molecule has 0 aromatic heterocycles. The Hall–Kier alpha value is -0.810. The van der Waals surface area contributed by atoms with E-state index in [0.717, 1.165) is 38.8 Å². The Kier molecular flexibility index (Phi) is 7.63. The average molecular weight is 314 g/mol. The molecule has 1 aliphatic rings. The number of nitrogens with zero attached hydrogens (tertiary/aromatic N) is 1. The van der Waals surface area contributed by atoms with E-state index in [1.165, 1.54) is 0 Å². The molecule has 1 saturated heterocycles. The molecule has 0 radical (unpaired) electrons. The molecule has 1 aliphatic heterocycles. The molecule has 1 N–H and O–H groups in total. The molecule has 0 spiro atoms. The van der Waals surface area contributed by atoms with Gasteiger partial charge in [0.2, 0.25) is 0 Å². The molecule has 1 amide bonds. The van der Waals surface area contributed by atoms with Crippen molar-refractivity contribution in [2.75, 3.05) is 20.3 Å². The number of hydrogen-bond acceptors (Lipinski definition) is 4. The van der Waals surface area contributed by atoms with Gasteiger partial charge in [0.1, 0.15) is 5.60 Å². The van der Waals surface area contributed by atoms with Crippen LogP contribution in [0.4, 0.5) is 4.79 Å². The lowest BCUT2D eigenvalue weighted by molar-refractivity contribution is 0.0212. The minimum absolute atomic E-state index is 0.175. The van der Waals surface area contributed by atoms with Crippen LogP contribution in [0.2, 0.25) is 0 Å². The highest BCUT2D eigenvalue weighted by Crippen LogP contribution is 2.24. The van der Waals surface area contributed by atoms with Crippen molar-refractivity contribution < 1.29 is 14.3 Å². The van der Waals surface area contributed by atoms with Gasteiger partial charge in [-0.05, 0) is 53.4 Å². The van der Waals surface area contributed by atoms with E-state index in [1.54, 1.807) is 7.11 Å². The Morgan fingerprint density at radius 3 is 2.64 bits per heavy atom. The van der Waals surface area contributed by atoms with Gasteiger partial charge in [0.05, 0.1) is 6.61 Å². The molecule has 0 aliphatic carbocycles. The summed E-state index contributed by atoms with van der Waals surface area (Å²) >= 11 is 0. The maximum atomic E-state index is 12.3. The summed E-state index contributed by atoms with van der Waals surface area (Å²) in [5.74, 6) is 0. The lowest BCUT2D eigenvalue weighted by atomic mass is 10.0. The first kappa shape index (κ1) is 19.2. The fourth-order valence-electron chi connectivity index (χ4n) is 3.01. The Morgan fingerprint density at radius 2 is 2.09 bits per heavy atom. The van der Waals surface area contributed by atoms with Crippen LogP contribution in [0.5, 0.6) is 0 Å². The lowest BCUT2D eigenvalue weighted by Crippen LogP contribution is -2.45. The average Bonchev–Trinajstić information content (AvgIpc) is 2.84. The van der Waals surface area contributed by atoms with Gasteiger partial charge in [0.25, 0.3) is 0 Å². The molecule has 130 valence electrons. The first-order valence-corrected chi connectivity index (χ1v) is 8.51. The summed E-state index contributed by atoms with van der Waals surface area (Å²) in [6.45, 7) is 11.6. The number of hydrogen-bond donors (Lipinski definition) is 1. The second kappa shape index (κ2) is 8.73. The van der Waals surface area contributed by atoms with Crippen LogP contribution in [0.3, 0.4) is 0 Å². The highest BCUT2D eigenvalue weighted by molar-refractivity contribution is 5.68. The van der Waals surface area contributed by atoms with Crippen LogP contribution < -0.4 is 5.32 Å². The molecule has 0 bridgehead atoms. The molecule has 5 nitrogen and oxygen atoms in total. The number of methoxy groups -OCH3 is 1. The number of carbonyl (C=O) groups excluding carboxylic acids is 1. The summed E-state index contributed by atoms with van der Waals surface area (Å²) in [5.41, 5.74) is -0.431. The van der Waals surface area contributed by atoms with Gasteiger partial charge in [0, 0.05) is 31.8 Å². The third kappa shape index (κ3) is 6.53. The molecule has 3 atom stereocenters. The van der Waals surface area contributed by atoms with Crippen LogP contribution in [0.25, 0.3) is 0 Å². The normalized spacial score (nSPS) is 21.7. The van der Waals surface area contributed by atoms with E-state index in [1.807, 2.05) is 25.7 Å². The van der Waals surface area contributed by atoms with Crippen LogP contribution in [-0.2, 0) is 9.47 Å². The van der Waals surface area contributed by atoms with Crippen molar-refractivity contribution in [3.05, 3.63) is 0 Å². The molecule has 1 rings (SSSR count). The number of likely N-dealkylation sites (tertiary alicyclic amines) is 1. The summed E-state index contributed by atoms with van der Waals surface area (Å²) in [4.78, 5) is 14.2.